The van der Waals surface area contributed by atoms with Crippen molar-refractivity contribution in [2.45, 2.75) is 44.4 Å². The number of hydrogen-bond donors (Lipinski definition) is 1. The van der Waals surface area contributed by atoms with Crippen molar-refractivity contribution in [2.75, 3.05) is 6.54 Å². The first kappa shape index (κ1) is 25.5. The predicted molar refractivity (Wildman–Crippen MR) is 135 cm³/mol. The highest BCUT2D eigenvalue weighted by Gasteiger charge is 2.36. The lowest BCUT2D eigenvalue weighted by Gasteiger charge is -2.42. The van der Waals surface area contributed by atoms with Gasteiger partial charge in [0.1, 0.15) is 0 Å². The van der Waals surface area contributed by atoms with Crippen LogP contribution in [0, 0.1) is 17.8 Å². The summed E-state index contributed by atoms with van der Waals surface area (Å²) in [5.74, 6) is 5.51. The van der Waals surface area contributed by atoms with Gasteiger partial charge in [0.15, 0.2) is 0 Å². The van der Waals surface area contributed by atoms with Crippen LogP contribution in [0.3, 0.4) is 0 Å². The monoisotopic (exact) mass is 491 g/mol. The number of halogens is 3. The number of carboxylic acids is 1. The molecule has 0 amide bonds. The van der Waals surface area contributed by atoms with E-state index in [1.54, 1.807) is 0 Å². The zero-order valence-electron chi connectivity index (χ0n) is 20.1. The Morgan fingerprint density at radius 1 is 1.11 bits per heavy atom. The molecule has 0 unspecified atom stereocenters. The number of likely N-dealkylation sites (tertiary alicyclic amines) is 1. The van der Waals surface area contributed by atoms with E-state index in [-0.39, 0.29) is 24.4 Å². The molecule has 0 aliphatic carbocycles. The number of rotatable bonds is 5. The first-order valence-electron chi connectivity index (χ1n) is 11.9. The van der Waals surface area contributed by atoms with Crippen molar-refractivity contribution in [2.24, 2.45) is 5.92 Å². The van der Waals surface area contributed by atoms with Crippen molar-refractivity contribution in [1.29, 1.82) is 0 Å². The zero-order chi connectivity index (χ0) is 25.9. The van der Waals surface area contributed by atoms with Crippen LogP contribution in [0.1, 0.15) is 55.0 Å². The van der Waals surface area contributed by atoms with Crippen LogP contribution in [0.5, 0.6) is 0 Å². The summed E-state index contributed by atoms with van der Waals surface area (Å²) >= 11 is 0. The Hall–Kier alpha value is -3.56. The second kappa shape index (κ2) is 10.6. The van der Waals surface area contributed by atoms with Gasteiger partial charge in [0.25, 0.3) is 0 Å². The third kappa shape index (κ3) is 5.98. The van der Waals surface area contributed by atoms with Gasteiger partial charge in [-0.15, -0.1) is 0 Å². The fourth-order valence-electron chi connectivity index (χ4n) is 4.95. The number of fused-ring (bicyclic) bond motifs is 1. The fourth-order valence-corrected chi connectivity index (χ4v) is 4.95. The summed E-state index contributed by atoms with van der Waals surface area (Å²) < 4.78 is 39.6. The summed E-state index contributed by atoms with van der Waals surface area (Å²) in [6.07, 6.45) is -3.20. The molecule has 3 aromatic rings. The lowest BCUT2D eigenvalue weighted by molar-refractivity contribution is -0.139. The topological polar surface area (TPSA) is 40.5 Å². The minimum absolute atomic E-state index is 0.0308. The molecule has 3 nitrogen and oxygen atoms in total. The molecule has 6 heteroatoms. The standard InChI is InChI=1S/C30H28F3NO2/c1-20(2)7-14-27(25-9-8-22-5-3-4-6-24(22)19-25)34-16-15-21(18-29(35)36)17-28(34)23-10-12-26(13-11-23)30(31,32)33/h3-6,8-13,19,21,27-28H,1,15-18H2,2H3,(H,35,36)/t21-,27-,28+/m0/s1. The molecule has 0 saturated carbocycles. The normalized spacial score (nSPS) is 19.3. The molecule has 1 fully saturated rings. The van der Waals surface area contributed by atoms with Crippen molar-refractivity contribution >= 4 is 16.7 Å². The third-order valence-corrected chi connectivity index (χ3v) is 6.68. The van der Waals surface area contributed by atoms with Crippen molar-refractivity contribution in [3.63, 3.8) is 0 Å². The number of nitrogens with zero attached hydrogens (tertiary/aromatic N) is 1. The predicted octanol–water partition coefficient (Wildman–Crippen LogP) is 7.41. The van der Waals surface area contributed by atoms with Crippen molar-refractivity contribution < 1.29 is 23.1 Å². The molecule has 3 aromatic carbocycles. The molecule has 36 heavy (non-hydrogen) atoms. The van der Waals surface area contributed by atoms with E-state index in [1.165, 1.54) is 12.1 Å². The van der Waals surface area contributed by atoms with Gasteiger partial charge in [-0.2, -0.15) is 13.2 Å². The van der Waals surface area contributed by atoms with E-state index in [0.717, 1.165) is 34.0 Å². The van der Waals surface area contributed by atoms with Gasteiger partial charge in [-0.25, -0.2) is 0 Å². The summed E-state index contributed by atoms with van der Waals surface area (Å²) in [6.45, 7) is 6.31. The minimum Gasteiger partial charge on any atom is -0.481 e. The van der Waals surface area contributed by atoms with E-state index in [0.29, 0.717) is 25.0 Å². The van der Waals surface area contributed by atoms with Crippen molar-refractivity contribution in [1.82, 2.24) is 4.90 Å². The second-order valence-electron chi connectivity index (χ2n) is 9.42. The summed E-state index contributed by atoms with van der Waals surface area (Å²) in [4.78, 5) is 13.6. The maximum absolute atomic E-state index is 13.2. The molecule has 0 radical (unpaired) electrons. The third-order valence-electron chi connectivity index (χ3n) is 6.68. The summed E-state index contributed by atoms with van der Waals surface area (Å²) in [6, 6.07) is 18.8. The molecule has 1 aliphatic heterocycles. The van der Waals surface area contributed by atoms with Gasteiger partial charge in [-0.1, -0.05) is 67.0 Å². The number of piperidine rings is 1. The van der Waals surface area contributed by atoms with Crippen LogP contribution in [-0.4, -0.2) is 22.5 Å². The minimum atomic E-state index is -4.42. The number of carboxylic acid groups (broad SMARTS) is 1. The van der Waals surface area contributed by atoms with Crippen LogP contribution < -0.4 is 0 Å². The largest absolute Gasteiger partial charge is 0.481 e. The van der Waals surface area contributed by atoms with Crippen LogP contribution in [0.15, 0.2) is 78.9 Å². The molecule has 1 N–H and O–H groups in total. The molecule has 1 heterocycles. The molecule has 1 saturated heterocycles. The quantitative estimate of drug-likeness (QED) is 0.378. The van der Waals surface area contributed by atoms with Crippen molar-refractivity contribution in [3.05, 3.63) is 95.6 Å². The Morgan fingerprint density at radius 2 is 1.81 bits per heavy atom. The Balaban J connectivity index is 1.77. The van der Waals surface area contributed by atoms with Gasteiger partial charge in [0.05, 0.1) is 11.6 Å². The Labute approximate surface area is 209 Å². The maximum Gasteiger partial charge on any atom is 0.416 e. The molecule has 0 bridgehead atoms. The van der Waals surface area contributed by atoms with Crippen LogP contribution in [0.2, 0.25) is 0 Å². The molecule has 3 atom stereocenters. The van der Waals surface area contributed by atoms with E-state index in [1.807, 2.05) is 43.3 Å². The zero-order valence-corrected chi connectivity index (χ0v) is 20.1. The molecule has 0 spiro atoms. The van der Waals surface area contributed by atoms with E-state index < -0.39 is 17.7 Å². The number of aliphatic carboxylic acids is 1. The molecule has 0 aromatic heterocycles. The average Bonchev–Trinajstić information content (AvgIpc) is 2.83. The maximum atomic E-state index is 13.2. The Bertz CT molecular complexity index is 1320. The summed E-state index contributed by atoms with van der Waals surface area (Å²) in [7, 11) is 0. The van der Waals surface area contributed by atoms with E-state index in [2.05, 4.69) is 29.4 Å². The van der Waals surface area contributed by atoms with Gasteiger partial charge in [-0.05, 0) is 71.4 Å². The van der Waals surface area contributed by atoms with Gasteiger partial charge in [0, 0.05) is 19.0 Å². The van der Waals surface area contributed by atoms with Crippen LogP contribution >= 0.6 is 0 Å². The van der Waals surface area contributed by atoms with Gasteiger partial charge >= 0.3 is 12.1 Å². The molecule has 186 valence electrons. The van der Waals surface area contributed by atoms with Crippen LogP contribution in [0.25, 0.3) is 10.8 Å². The SMILES string of the molecule is C=C(C)C#C[C@@H](c1ccc2ccccc2c1)N1CC[C@H](CC(=O)O)C[C@@H]1c1ccc(C(F)(F)F)cc1. The lowest BCUT2D eigenvalue weighted by atomic mass is 9.83. The van der Waals surface area contributed by atoms with Gasteiger partial charge < -0.3 is 5.11 Å². The highest BCUT2D eigenvalue weighted by Crippen LogP contribution is 2.42. The number of allylic oxidation sites excluding steroid dienone is 1. The fraction of sp³-hybridized carbons (Fsp3) is 0.300. The number of benzene rings is 3. The van der Waals surface area contributed by atoms with Crippen molar-refractivity contribution in [3.8, 4) is 11.8 Å². The van der Waals surface area contributed by atoms with E-state index in [4.69, 9.17) is 0 Å². The second-order valence-corrected chi connectivity index (χ2v) is 9.42. The van der Waals surface area contributed by atoms with Gasteiger partial charge in [0.2, 0.25) is 0 Å². The smallest absolute Gasteiger partial charge is 0.416 e. The number of carbonyl (C=O) groups is 1. The van der Waals surface area contributed by atoms with Gasteiger partial charge in [-0.3, -0.25) is 9.69 Å². The highest BCUT2D eigenvalue weighted by molar-refractivity contribution is 5.83. The molecular formula is C30H28F3NO2. The molecule has 1 aliphatic rings. The molecule has 4 rings (SSSR count). The summed E-state index contributed by atoms with van der Waals surface area (Å²) in [5, 5.41) is 11.6. The average molecular weight is 492 g/mol. The number of alkyl halides is 3. The lowest BCUT2D eigenvalue weighted by Crippen LogP contribution is -2.39. The first-order chi connectivity index (χ1) is 17.1. The number of hydrogen-bond acceptors (Lipinski definition) is 2. The molecular weight excluding hydrogens is 463 g/mol. The first-order valence-corrected chi connectivity index (χ1v) is 11.9. The highest BCUT2D eigenvalue weighted by atomic mass is 19.4. The van der Waals surface area contributed by atoms with E-state index in [9.17, 15) is 23.1 Å². The van der Waals surface area contributed by atoms with Crippen LogP contribution in [0.4, 0.5) is 13.2 Å². The Morgan fingerprint density at radius 3 is 2.44 bits per heavy atom. The Kier molecular flexibility index (Phi) is 7.51. The summed E-state index contributed by atoms with van der Waals surface area (Å²) in [5.41, 5.74) is 1.72. The van der Waals surface area contributed by atoms with Crippen LogP contribution in [-0.2, 0) is 11.0 Å². The van der Waals surface area contributed by atoms with E-state index >= 15 is 0 Å².